The van der Waals surface area contributed by atoms with E-state index in [1.165, 1.54) is 12.7 Å². The first-order valence-corrected chi connectivity index (χ1v) is 11.2. The molecule has 158 valence electrons. The number of benzene rings is 2. The number of thioether (sulfide) groups is 1. The summed E-state index contributed by atoms with van der Waals surface area (Å²) < 4.78 is 12.0. The molecule has 0 amide bonds. The maximum atomic E-state index is 12.8. The number of para-hydroxylation sites is 1. The fourth-order valence-electron chi connectivity index (χ4n) is 4.22. The van der Waals surface area contributed by atoms with E-state index in [9.17, 15) is 9.59 Å². The average Bonchev–Trinajstić information content (AvgIpc) is 3.14. The monoisotopic (exact) mass is 426 g/mol. The van der Waals surface area contributed by atoms with Gasteiger partial charge in [-0.15, -0.1) is 11.8 Å². The van der Waals surface area contributed by atoms with Crippen molar-refractivity contribution in [2.45, 2.75) is 42.4 Å². The van der Waals surface area contributed by atoms with Crippen molar-refractivity contribution in [2.75, 3.05) is 14.2 Å². The Balaban J connectivity index is 1.53. The second-order valence-electron chi connectivity index (χ2n) is 7.62. The van der Waals surface area contributed by atoms with Gasteiger partial charge in [0.05, 0.1) is 31.2 Å². The maximum Gasteiger partial charge on any atom is 0.326 e. The summed E-state index contributed by atoms with van der Waals surface area (Å²) in [5.41, 5.74) is 2.93. The Kier molecular flexibility index (Phi) is 6.18. The first-order valence-electron chi connectivity index (χ1n) is 10.2. The number of aromatic nitrogens is 2. The molecule has 1 aromatic heterocycles. The lowest BCUT2D eigenvalue weighted by atomic mass is 9.86. The van der Waals surface area contributed by atoms with Crippen LogP contribution in [0.4, 0.5) is 0 Å². The number of carbonyl (C=O) groups is 1. The van der Waals surface area contributed by atoms with E-state index in [-0.39, 0.29) is 23.6 Å². The molecule has 0 radical (unpaired) electrons. The van der Waals surface area contributed by atoms with Crippen molar-refractivity contribution < 1.29 is 14.3 Å². The summed E-state index contributed by atoms with van der Waals surface area (Å²) >= 11 is 1.71. The first kappa shape index (κ1) is 20.6. The lowest BCUT2D eigenvalue weighted by molar-refractivity contribution is -0.146. The van der Waals surface area contributed by atoms with Gasteiger partial charge in [-0.1, -0.05) is 18.2 Å². The van der Waals surface area contributed by atoms with Crippen molar-refractivity contribution >= 4 is 28.8 Å². The molecule has 0 aliphatic heterocycles. The van der Waals surface area contributed by atoms with Crippen molar-refractivity contribution in [2.24, 2.45) is 5.92 Å². The van der Waals surface area contributed by atoms with Gasteiger partial charge in [-0.25, -0.2) is 4.79 Å². The van der Waals surface area contributed by atoms with Gasteiger partial charge in [0.1, 0.15) is 5.75 Å². The third kappa shape index (κ3) is 4.12. The molecule has 0 bridgehead atoms. The van der Waals surface area contributed by atoms with Gasteiger partial charge < -0.3 is 14.5 Å². The van der Waals surface area contributed by atoms with Crippen LogP contribution in [-0.4, -0.2) is 29.7 Å². The number of aromatic amines is 1. The fourth-order valence-corrected chi connectivity index (χ4v) is 5.21. The zero-order valence-electron chi connectivity index (χ0n) is 17.2. The Hall–Kier alpha value is -2.67. The first-order chi connectivity index (χ1) is 14.6. The van der Waals surface area contributed by atoms with Gasteiger partial charge in [0.15, 0.2) is 0 Å². The van der Waals surface area contributed by atoms with Crippen molar-refractivity contribution in [1.29, 1.82) is 0 Å². The summed E-state index contributed by atoms with van der Waals surface area (Å²) in [6.45, 7) is 0. The Bertz CT molecular complexity index is 1080. The van der Waals surface area contributed by atoms with Crippen LogP contribution in [0.5, 0.6) is 5.75 Å². The number of fused-ring (bicyclic) bond motifs is 1. The van der Waals surface area contributed by atoms with E-state index in [1.807, 2.05) is 34.9 Å². The van der Waals surface area contributed by atoms with Gasteiger partial charge in [0, 0.05) is 16.7 Å². The highest BCUT2D eigenvalue weighted by Gasteiger charge is 2.29. The molecule has 4 rings (SSSR count). The van der Waals surface area contributed by atoms with E-state index in [0.717, 1.165) is 53.1 Å². The number of nitrogens with zero attached hydrogens (tertiary/aromatic N) is 1. The number of nitrogens with one attached hydrogen (secondary N) is 1. The van der Waals surface area contributed by atoms with Crippen LogP contribution in [0.25, 0.3) is 11.0 Å². The van der Waals surface area contributed by atoms with Crippen LogP contribution in [0.2, 0.25) is 0 Å². The number of hydrogen-bond acceptors (Lipinski definition) is 5. The van der Waals surface area contributed by atoms with Crippen molar-refractivity contribution in [3.05, 3.63) is 58.5 Å². The summed E-state index contributed by atoms with van der Waals surface area (Å²) in [5.74, 6) is 1.45. The van der Waals surface area contributed by atoms with E-state index in [4.69, 9.17) is 9.47 Å². The van der Waals surface area contributed by atoms with Gasteiger partial charge in [-0.2, -0.15) is 0 Å². The molecule has 2 aromatic carbocycles. The van der Waals surface area contributed by atoms with Gasteiger partial charge in [-0.3, -0.25) is 9.36 Å². The smallest absolute Gasteiger partial charge is 0.326 e. The molecule has 0 saturated heterocycles. The SMILES string of the molecule is COc1ccc(CSc2cccc3c2[nH]c(=O)n3[C@H]2CC[C@@H](C(=O)OC)CC2)cc1. The highest BCUT2D eigenvalue weighted by atomic mass is 32.2. The number of H-pyrrole nitrogens is 1. The highest BCUT2D eigenvalue weighted by Crippen LogP contribution is 2.35. The molecule has 6 nitrogen and oxygen atoms in total. The quantitative estimate of drug-likeness (QED) is 0.463. The largest absolute Gasteiger partial charge is 0.497 e. The number of imidazole rings is 1. The van der Waals surface area contributed by atoms with Gasteiger partial charge in [-0.05, 0) is 55.5 Å². The molecule has 1 N–H and O–H groups in total. The second kappa shape index (κ2) is 9.00. The highest BCUT2D eigenvalue weighted by molar-refractivity contribution is 7.98. The standard InChI is InChI=1S/C23H26N2O4S/c1-28-18-12-6-15(7-13-18)14-30-20-5-3-4-19-21(20)24-23(27)25(19)17-10-8-16(9-11-17)22(26)29-2/h3-7,12-13,16-17H,8-11,14H2,1-2H3,(H,24,27)/t16-,17+. The molecular formula is C23H26N2O4S. The summed E-state index contributed by atoms with van der Waals surface area (Å²) in [5, 5.41) is 0. The number of rotatable bonds is 6. The van der Waals surface area contributed by atoms with Crippen LogP contribution in [0.15, 0.2) is 52.2 Å². The van der Waals surface area contributed by atoms with Gasteiger partial charge >= 0.3 is 11.7 Å². The van der Waals surface area contributed by atoms with Crippen LogP contribution in [0, 0.1) is 5.92 Å². The molecule has 1 fully saturated rings. The number of methoxy groups -OCH3 is 2. The number of esters is 1. The minimum atomic E-state index is -0.142. The Labute approximate surface area is 179 Å². The van der Waals surface area contributed by atoms with Crippen LogP contribution in [0.3, 0.4) is 0 Å². The molecule has 1 saturated carbocycles. The van der Waals surface area contributed by atoms with Crippen LogP contribution in [-0.2, 0) is 15.3 Å². The fraction of sp³-hybridized carbons (Fsp3) is 0.391. The molecule has 0 unspecified atom stereocenters. The van der Waals surface area contributed by atoms with Gasteiger partial charge in [0.25, 0.3) is 0 Å². The van der Waals surface area contributed by atoms with Crippen molar-refractivity contribution in [1.82, 2.24) is 9.55 Å². The van der Waals surface area contributed by atoms with Crippen LogP contribution < -0.4 is 10.4 Å². The number of ether oxygens (including phenoxy) is 2. The third-order valence-electron chi connectivity index (χ3n) is 5.86. The molecule has 0 atom stereocenters. The molecule has 3 aromatic rings. The number of carbonyl (C=O) groups excluding carboxylic acids is 1. The van der Waals surface area contributed by atoms with E-state index < -0.39 is 0 Å². The predicted octanol–water partition coefficient (Wildman–Crippen LogP) is 4.53. The molecule has 30 heavy (non-hydrogen) atoms. The Morgan fingerprint density at radius 2 is 1.83 bits per heavy atom. The second-order valence-corrected chi connectivity index (χ2v) is 8.63. The average molecular weight is 427 g/mol. The summed E-state index contributed by atoms with van der Waals surface area (Å²) in [6.07, 6.45) is 3.11. The zero-order valence-corrected chi connectivity index (χ0v) is 18.0. The molecule has 1 aliphatic carbocycles. The maximum absolute atomic E-state index is 12.8. The predicted molar refractivity (Wildman–Crippen MR) is 118 cm³/mol. The normalized spacial score (nSPS) is 19.0. The van der Waals surface area contributed by atoms with E-state index in [0.29, 0.717) is 0 Å². The number of hydrogen-bond donors (Lipinski definition) is 1. The Morgan fingerprint density at radius 3 is 2.50 bits per heavy atom. The van der Waals surface area contributed by atoms with E-state index >= 15 is 0 Å². The topological polar surface area (TPSA) is 73.3 Å². The molecule has 7 heteroatoms. The van der Waals surface area contributed by atoms with E-state index in [1.54, 1.807) is 18.9 Å². The molecular weight excluding hydrogens is 400 g/mol. The van der Waals surface area contributed by atoms with Crippen molar-refractivity contribution in [3.63, 3.8) is 0 Å². The lowest BCUT2D eigenvalue weighted by Crippen LogP contribution is -2.29. The summed E-state index contributed by atoms with van der Waals surface area (Å²) in [6, 6.07) is 14.2. The van der Waals surface area contributed by atoms with Gasteiger partial charge in [0.2, 0.25) is 0 Å². The van der Waals surface area contributed by atoms with Crippen molar-refractivity contribution in [3.8, 4) is 5.75 Å². The minimum absolute atomic E-state index is 0.0530. The van der Waals surface area contributed by atoms with Crippen LogP contribution >= 0.6 is 11.8 Å². The molecule has 1 heterocycles. The zero-order chi connectivity index (χ0) is 21.1. The Morgan fingerprint density at radius 1 is 1.10 bits per heavy atom. The molecule has 1 aliphatic rings. The molecule has 0 spiro atoms. The van der Waals surface area contributed by atoms with Crippen LogP contribution in [0.1, 0.15) is 37.3 Å². The third-order valence-corrected chi connectivity index (χ3v) is 6.99. The minimum Gasteiger partial charge on any atom is -0.497 e. The lowest BCUT2D eigenvalue weighted by Gasteiger charge is -2.27. The van der Waals surface area contributed by atoms with E-state index in [2.05, 4.69) is 17.1 Å². The summed E-state index contributed by atoms with van der Waals surface area (Å²) in [7, 11) is 3.09. The summed E-state index contributed by atoms with van der Waals surface area (Å²) in [4.78, 5) is 28.7.